The van der Waals surface area contributed by atoms with Crippen molar-refractivity contribution in [1.82, 2.24) is 4.73 Å². The van der Waals surface area contributed by atoms with Gasteiger partial charge in [0.2, 0.25) is 0 Å². The van der Waals surface area contributed by atoms with E-state index in [1.807, 2.05) is 0 Å². The van der Waals surface area contributed by atoms with E-state index < -0.39 is 0 Å². The van der Waals surface area contributed by atoms with Gasteiger partial charge >= 0.3 is 0 Å². The zero-order valence-corrected chi connectivity index (χ0v) is 5.82. The molecule has 0 aromatic carbocycles. The van der Waals surface area contributed by atoms with Gasteiger partial charge in [0.1, 0.15) is 5.36 Å². The Bertz CT molecular complexity index is 238. The summed E-state index contributed by atoms with van der Waals surface area (Å²) in [5, 5.41) is 20.1. The first-order valence-electron chi connectivity index (χ1n) is 2.38. The summed E-state index contributed by atoms with van der Waals surface area (Å²) >= 11 is 0. The third kappa shape index (κ3) is 1.99. The molecular weight excluding hydrogens is 156 g/mol. The normalized spacial score (nSPS) is 8.00. The van der Waals surface area contributed by atoms with E-state index in [4.69, 9.17) is 10.4 Å². The molecule has 0 spiro atoms. The van der Waals surface area contributed by atoms with Gasteiger partial charge in [0.25, 0.3) is 0 Å². The second kappa shape index (κ2) is 3.79. The van der Waals surface area contributed by atoms with Gasteiger partial charge in [0, 0.05) is 12.4 Å². The van der Waals surface area contributed by atoms with Crippen LogP contribution in [0.3, 0.4) is 0 Å². The number of aromatic nitrogens is 1. The molecule has 1 aromatic heterocycles. The molecule has 1 rings (SSSR count). The predicted octanol–water partition coefficient (Wildman–Crippen LogP) is 0.437. The van der Waals surface area contributed by atoms with E-state index in [1.165, 1.54) is 24.5 Å². The highest BCUT2D eigenvalue weighted by molar-refractivity contribution is 5.85. The zero-order chi connectivity index (χ0) is 6.69. The molecule has 0 saturated heterocycles. The molecule has 10 heavy (non-hydrogen) atoms. The van der Waals surface area contributed by atoms with Crippen molar-refractivity contribution in [2.45, 2.75) is 0 Å². The largest absolute Gasteiger partial charge is 0.429 e. The number of hydrogen-bond acceptors (Lipinski definition) is 3. The maximum atomic E-state index is 8.65. The molecule has 0 fully saturated rings. The third-order valence-electron chi connectivity index (χ3n) is 0.912. The highest BCUT2D eigenvalue weighted by Gasteiger charge is 1.78. The third-order valence-corrected chi connectivity index (χ3v) is 0.912. The Hall–Kier alpha value is -1.16. The Kier molecular flexibility index (Phi) is 3.35. The van der Waals surface area contributed by atoms with Crippen molar-refractivity contribution in [2.24, 2.45) is 5.16 Å². The van der Waals surface area contributed by atoms with E-state index >= 15 is 0 Å². The summed E-state index contributed by atoms with van der Waals surface area (Å²) in [5.41, 5.74) is 0. The first-order chi connectivity index (χ1) is 4.33. The van der Waals surface area contributed by atoms with Crippen molar-refractivity contribution >= 4 is 12.4 Å². The van der Waals surface area contributed by atoms with E-state index in [0.717, 1.165) is 4.73 Å². The summed E-state index contributed by atoms with van der Waals surface area (Å²) in [4.78, 5) is 0. The van der Waals surface area contributed by atoms with Crippen molar-refractivity contribution in [2.75, 3.05) is 0 Å². The molecule has 56 valence electrons. The monoisotopic (exact) mass is 162 g/mol. The minimum Gasteiger partial charge on any atom is -0.429 e. The van der Waals surface area contributed by atoms with Gasteiger partial charge in [-0.1, -0.05) is 5.16 Å². The second-order valence-corrected chi connectivity index (χ2v) is 1.54. The molecule has 0 aliphatic rings. The fraction of sp³-hybridized carbons (Fsp3) is 0. The molecule has 1 aromatic rings. The topological polar surface area (TPSA) is 57.8 Å². The molecule has 0 amide bonds. The molecule has 0 unspecified atom stereocenters. The molecule has 0 radical (unpaired) electrons. The van der Waals surface area contributed by atoms with E-state index in [1.54, 1.807) is 0 Å². The average Bonchev–Trinajstić information content (AvgIpc) is 1.90. The molecule has 0 aliphatic heterocycles. The number of hydrogen-bond donors (Lipinski definition) is 2. The van der Waals surface area contributed by atoms with Crippen molar-refractivity contribution in [3.8, 4) is 0 Å². The second-order valence-electron chi connectivity index (χ2n) is 1.54. The van der Waals surface area contributed by atoms with Gasteiger partial charge in [0.05, 0.1) is 0 Å². The summed E-state index contributed by atoms with van der Waals surface area (Å²) < 4.78 is 0.870. The van der Waals surface area contributed by atoms with Gasteiger partial charge in [-0.05, 0) is 12.1 Å². The van der Waals surface area contributed by atoms with E-state index in [2.05, 4.69) is 5.16 Å². The molecule has 4 nitrogen and oxygen atoms in total. The van der Waals surface area contributed by atoms with Crippen LogP contribution >= 0.6 is 12.4 Å². The molecule has 0 atom stereocenters. The van der Waals surface area contributed by atoms with Gasteiger partial charge < -0.3 is 10.4 Å². The number of pyridine rings is 1. The van der Waals surface area contributed by atoms with Gasteiger partial charge in [-0.15, -0.1) is 12.4 Å². The summed E-state index contributed by atoms with van der Waals surface area (Å²) in [6.07, 6.45) is 2.74. The van der Waals surface area contributed by atoms with Crippen LogP contribution in [0.4, 0.5) is 0 Å². The molecule has 2 N–H and O–H groups in total. The number of halogens is 1. The van der Waals surface area contributed by atoms with Crippen LogP contribution in [0.2, 0.25) is 0 Å². The van der Waals surface area contributed by atoms with Crippen molar-refractivity contribution < 1.29 is 10.4 Å². The van der Waals surface area contributed by atoms with Gasteiger partial charge in [0.15, 0.2) is 0 Å². The summed E-state index contributed by atoms with van der Waals surface area (Å²) in [6, 6.07) is 2.94. The van der Waals surface area contributed by atoms with Crippen LogP contribution in [0.15, 0.2) is 29.7 Å². The average molecular weight is 163 g/mol. The molecular formula is C5H7ClN2O2. The fourth-order valence-electron chi connectivity index (χ4n) is 0.477. The Morgan fingerprint density at radius 1 is 1.30 bits per heavy atom. The molecule has 0 saturated carbocycles. The number of nitrogens with zero attached hydrogens (tertiary/aromatic N) is 2. The lowest BCUT2D eigenvalue weighted by Gasteiger charge is -1.90. The van der Waals surface area contributed by atoms with Gasteiger partial charge in [-0.2, -0.15) is 0 Å². The quantitative estimate of drug-likeness (QED) is 0.330. The molecule has 1 heterocycles. The summed E-state index contributed by atoms with van der Waals surface area (Å²) in [7, 11) is 0. The molecule has 0 aliphatic carbocycles. The molecule has 5 heteroatoms. The standard InChI is InChI=1S/C5H6N2O2.ClH/c8-6-5-1-3-7(9)4-2-5;/h1-4,8-9H;1H. The zero-order valence-electron chi connectivity index (χ0n) is 5.01. The lowest BCUT2D eigenvalue weighted by atomic mass is 10.5. The predicted molar refractivity (Wildman–Crippen MR) is 36.2 cm³/mol. The van der Waals surface area contributed by atoms with Crippen LogP contribution in [0.25, 0.3) is 0 Å². The summed E-state index contributed by atoms with van der Waals surface area (Å²) in [5.74, 6) is 0. The Morgan fingerprint density at radius 3 is 2.20 bits per heavy atom. The number of rotatable bonds is 0. The fourth-order valence-corrected chi connectivity index (χ4v) is 0.477. The maximum Gasteiger partial charge on any atom is 0.105 e. The van der Waals surface area contributed by atoms with Crippen LogP contribution in [-0.2, 0) is 0 Å². The minimum absolute atomic E-state index is 0. The molecule has 0 bridgehead atoms. The highest BCUT2D eigenvalue weighted by Crippen LogP contribution is 1.74. The Morgan fingerprint density at radius 2 is 1.80 bits per heavy atom. The summed E-state index contributed by atoms with van der Waals surface area (Å²) in [6.45, 7) is 0. The smallest absolute Gasteiger partial charge is 0.105 e. The maximum absolute atomic E-state index is 8.65. The van der Waals surface area contributed by atoms with E-state index in [-0.39, 0.29) is 12.4 Å². The van der Waals surface area contributed by atoms with Crippen molar-refractivity contribution in [1.29, 1.82) is 0 Å². The SMILES string of the molecule is Cl.ON=c1ccn(O)cc1. The Balaban J connectivity index is 0.000000810. The lowest BCUT2D eigenvalue weighted by molar-refractivity contribution is 0.183. The van der Waals surface area contributed by atoms with Crippen LogP contribution in [-0.4, -0.2) is 15.1 Å². The van der Waals surface area contributed by atoms with Crippen molar-refractivity contribution in [3.05, 3.63) is 29.9 Å². The van der Waals surface area contributed by atoms with Crippen LogP contribution in [0.1, 0.15) is 0 Å². The Labute approximate surface area is 63.4 Å². The van der Waals surface area contributed by atoms with Crippen LogP contribution in [0, 0.1) is 0 Å². The van der Waals surface area contributed by atoms with Gasteiger partial charge in [-0.25, -0.2) is 4.73 Å². The van der Waals surface area contributed by atoms with Gasteiger partial charge in [-0.3, -0.25) is 0 Å². The van der Waals surface area contributed by atoms with Crippen LogP contribution < -0.4 is 5.36 Å². The highest BCUT2D eigenvalue weighted by atomic mass is 35.5. The minimum atomic E-state index is 0. The van der Waals surface area contributed by atoms with Crippen LogP contribution in [0.5, 0.6) is 0 Å². The van der Waals surface area contributed by atoms with E-state index in [9.17, 15) is 0 Å². The first-order valence-corrected chi connectivity index (χ1v) is 2.38. The van der Waals surface area contributed by atoms with Crippen molar-refractivity contribution in [3.63, 3.8) is 0 Å². The first kappa shape index (κ1) is 8.84. The van der Waals surface area contributed by atoms with E-state index in [0.29, 0.717) is 5.36 Å². The lowest BCUT2D eigenvalue weighted by Crippen LogP contribution is -2.02.